The van der Waals surface area contributed by atoms with Crippen LogP contribution in [0.4, 0.5) is 8.78 Å². The van der Waals surface area contributed by atoms with Crippen LogP contribution >= 0.6 is 0 Å². The highest BCUT2D eigenvalue weighted by Gasteiger charge is 2.22. The fourth-order valence-electron chi connectivity index (χ4n) is 2.93. The maximum Gasteiger partial charge on any atom is 0.387 e. The molecule has 0 fully saturated rings. The van der Waals surface area contributed by atoms with Gasteiger partial charge in [0.15, 0.2) is 11.5 Å². The highest BCUT2D eigenvalue weighted by molar-refractivity contribution is 5.94. The number of hydrogen-bond donors (Lipinski definition) is 1. The first-order valence-electron chi connectivity index (χ1n) is 8.69. The van der Waals surface area contributed by atoms with Crippen molar-refractivity contribution in [2.75, 3.05) is 13.2 Å². The standard InChI is InChI=1S/C20H21F2NO4/c1-12(2)18(13-6-7-16-17(11-13)26-9-8-25-16)23-19(24)14-4-3-5-15(10-14)27-20(21)22/h3-7,10-12,18,20H,8-9H2,1-2H3,(H,23,24)/t18-/m0/s1. The molecule has 5 nitrogen and oxygen atoms in total. The molecule has 144 valence electrons. The molecule has 0 aliphatic carbocycles. The second-order valence-electron chi connectivity index (χ2n) is 6.50. The zero-order valence-corrected chi connectivity index (χ0v) is 15.1. The van der Waals surface area contributed by atoms with Gasteiger partial charge < -0.3 is 19.5 Å². The van der Waals surface area contributed by atoms with Gasteiger partial charge in [-0.15, -0.1) is 0 Å². The Hall–Kier alpha value is -2.83. The fraction of sp³-hybridized carbons (Fsp3) is 0.350. The Bertz CT molecular complexity index is 810. The van der Waals surface area contributed by atoms with E-state index < -0.39 is 6.61 Å². The molecule has 3 rings (SSSR count). The molecule has 0 spiro atoms. The Morgan fingerprint density at radius 3 is 2.52 bits per heavy atom. The van der Waals surface area contributed by atoms with Gasteiger partial charge in [-0.2, -0.15) is 8.78 Å². The quantitative estimate of drug-likeness (QED) is 0.820. The van der Waals surface area contributed by atoms with Crippen LogP contribution in [0.3, 0.4) is 0 Å². The molecule has 0 aromatic heterocycles. The van der Waals surface area contributed by atoms with Crippen molar-refractivity contribution in [3.05, 3.63) is 53.6 Å². The van der Waals surface area contributed by atoms with Gasteiger partial charge >= 0.3 is 6.61 Å². The lowest BCUT2D eigenvalue weighted by molar-refractivity contribution is -0.0498. The summed E-state index contributed by atoms with van der Waals surface area (Å²) in [5, 5.41) is 2.96. The lowest BCUT2D eigenvalue weighted by Crippen LogP contribution is -2.32. The number of alkyl halides is 2. The lowest BCUT2D eigenvalue weighted by Gasteiger charge is -2.25. The first-order chi connectivity index (χ1) is 12.9. The van der Waals surface area contributed by atoms with E-state index in [1.165, 1.54) is 18.2 Å². The highest BCUT2D eigenvalue weighted by atomic mass is 19.3. The molecule has 0 unspecified atom stereocenters. The van der Waals surface area contributed by atoms with Crippen molar-refractivity contribution in [3.63, 3.8) is 0 Å². The number of halogens is 2. The molecular formula is C20H21F2NO4. The summed E-state index contributed by atoms with van der Waals surface area (Å²) in [6, 6.07) is 11.0. The number of hydrogen-bond acceptors (Lipinski definition) is 4. The largest absolute Gasteiger partial charge is 0.486 e. The molecule has 27 heavy (non-hydrogen) atoms. The minimum atomic E-state index is -2.94. The van der Waals surface area contributed by atoms with Gasteiger partial charge in [-0.1, -0.05) is 26.0 Å². The third kappa shape index (κ3) is 4.67. The van der Waals surface area contributed by atoms with E-state index >= 15 is 0 Å². The number of carbonyl (C=O) groups is 1. The normalized spacial score (nSPS) is 14.1. The van der Waals surface area contributed by atoms with E-state index in [4.69, 9.17) is 9.47 Å². The van der Waals surface area contributed by atoms with Crippen molar-refractivity contribution in [1.82, 2.24) is 5.32 Å². The van der Waals surface area contributed by atoms with Gasteiger partial charge in [0.25, 0.3) is 5.91 Å². The Morgan fingerprint density at radius 1 is 1.07 bits per heavy atom. The van der Waals surface area contributed by atoms with Crippen molar-refractivity contribution >= 4 is 5.91 Å². The maximum absolute atomic E-state index is 12.6. The average molecular weight is 377 g/mol. The van der Waals surface area contributed by atoms with Gasteiger partial charge in [0.1, 0.15) is 19.0 Å². The molecule has 7 heteroatoms. The minimum absolute atomic E-state index is 0.0573. The molecule has 1 N–H and O–H groups in total. The smallest absolute Gasteiger partial charge is 0.387 e. The summed E-state index contributed by atoms with van der Waals surface area (Å²) < 4.78 is 40.3. The van der Waals surface area contributed by atoms with Crippen LogP contribution in [0.15, 0.2) is 42.5 Å². The molecule has 1 amide bonds. The van der Waals surface area contributed by atoms with Gasteiger partial charge in [0.05, 0.1) is 6.04 Å². The summed E-state index contributed by atoms with van der Waals surface area (Å²) in [5.41, 5.74) is 1.12. The van der Waals surface area contributed by atoms with Gasteiger partial charge in [-0.05, 0) is 41.8 Å². The third-order valence-electron chi connectivity index (χ3n) is 4.20. The summed E-state index contributed by atoms with van der Waals surface area (Å²) in [4.78, 5) is 12.6. The molecule has 2 aromatic carbocycles. The Labute approximate surface area is 156 Å². The topological polar surface area (TPSA) is 56.8 Å². The SMILES string of the molecule is CC(C)[C@H](NC(=O)c1cccc(OC(F)F)c1)c1ccc2c(c1)OCCO2. The number of ether oxygens (including phenoxy) is 3. The van der Waals surface area contributed by atoms with Gasteiger partial charge in [0.2, 0.25) is 0 Å². The number of fused-ring (bicyclic) bond motifs is 1. The Kier molecular flexibility index (Phi) is 5.78. The summed E-state index contributed by atoms with van der Waals surface area (Å²) in [7, 11) is 0. The minimum Gasteiger partial charge on any atom is -0.486 e. The van der Waals surface area contributed by atoms with Crippen LogP contribution in [-0.4, -0.2) is 25.7 Å². The monoisotopic (exact) mass is 377 g/mol. The number of amides is 1. The number of carbonyl (C=O) groups excluding carboxylic acids is 1. The lowest BCUT2D eigenvalue weighted by atomic mass is 9.95. The van der Waals surface area contributed by atoms with E-state index in [1.54, 1.807) is 6.07 Å². The van der Waals surface area contributed by atoms with E-state index in [9.17, 15) is 13.6 Å². The molecule has 0 radical (unpaired) electrons. The molecule has 0 saturated carbocycles. The maximum atomic E-state index is 12.6. The van der Waals surface area contributed by atoms with E-state index in [2.05, 4.69) is 10.1 Å². The van der Waals surface area contributed by atoms with Crippen LogP contribution in [0.1, 0.15) is 35.8 Å². The van der Waals surface area contributed by atoms with Crippen LogP contribution in [0.25, 0.3) is 0 Å². The van der Waals surface area contributed by atoms with Crippen LogP contribution in [0, 0.1) is 5.92 Å². The fourth-order valence-corrected chi connectivity index (χ4v) is 2.93. The highest BCUT2D eigenvalue weighted by Crippen LogP contribution is 2.34. The second kappa shape index (κ2) is 8.24. The summed E-state index contributed by atoms with van der Waals surface area (Å²) >= 11 is 0. The third-order valence-corrected chi connectivity index (χ3v) is 4.20. The predicted molar refractivity (Wildman–Crippen MR) is 95.6 cm³/mol. The molecule has 0 bridgehead atoms. The molecule has 1 heterocycles. The Balaban J connectivity index is 1.79. The van der Waals surface area contributed by atoms with Crippen LogP contribution in [0.5, 0.6) is 17.2 Å². The average Bonchev–Trinajstić information content (AvgIpc) is 2.65. The molecule has 1 atom stereocenters. The molecular weight excluding hydrogens is 356 g/mol. The molecule has 1 aliphatic rings. The number of nitrogens with one attached hydrogen (secondary N) is 1. The van der Waals surface area contributed by atoms with Crippen molar-refractivity contribution < 1.29 is 27.8 Å². The van der Waals surface area contributed by atoms with E-state index in [0.717, 1.165) is 5.56 Å². The zero-order valence-electron chi connectivity index (χ0n) is 15.1. The van der Waals surface area contributed by atoms with Crippen LogP contribution < -0.4 is 19.5 Å². The van der Waals surface area contributed by atoms with Crippen LogP contribution in [0.2, 0.25) is 0 Å². The summed E-state index contributed by atoms with van der Waals surface area (Å²) in [5.74, 6) is 0.986. The second-order valence-corrected chi connectivity index (χ2v) is 6.50. The number of benzene rings is 2. The van der Waals surface area contributed by atoms with E-state index in [-0.39, 0.29) is 29.2 Å². The van der Waals surface area contributed by atoms with Gasteiger partial charge in [-0.25, -0.2) is 0 Å². The van der Waals surface area contributed by atoms with Crippen molar-refractivity contribution in [2.24, 2.45) is 5.92 Å². The van der Waals surface area contributed by atoms with Gasteiger partial charge in [0, 0.05) is 5.56 Å². The summed E-state index contributed by atoms with van der Waals surface area (Å²) in [6.45, 7) is 2.01. The molecule has 0 saturated heterocycles. The predicted octanol–water partition coefficient (Wildman–Crippen LogP) is 4.19. The van der Waals surface area contributed by atoms with E-state index in [1.807, 2.05) is 32.0 Å². The van der Waals surface area contributed by atoms with Crippen molar-refractivity contribution in [1.29, 1.82) is 0 Å². The summed E-state index contributed by atoms with van der Waals surface area (Å²) in [6.07, 6.45) is 0. The van der Waals surface area contributed by atoms with Crippen LogP contribution in [-0.2, 0) is 0 Å². The first kappa shape index (κ1) is 18.9. The number of rotatable bonds is 6. The molecule has 2 aromatic rings. The van der Waals surface area contributed by atoms with Crippen molar-refractivity contribution in [3.8, 4) is 17.2 Å². The van der Waals surface area contributed by atoms with Crippen molar-refractivity contribution in [2.45, 2.75) is 26.5 Å². The molecule has 1 aliphatic heterocycles. The van der Waals surface area contributed by atoms with Gasteiger partial charge in [-0.3, -0.25) is 4.79 Å². The Morgan fingerprint density at radius 2 is 1.81 bits per heavy atom. The first-order valence-corrected chi connectivity index (χ1v) is 8.69. The zero-order chi connectivity index (χ0) is 19.4. The van der Waals surface area contributed by atoms with E-state index in [0.29, 0.717) is 24.7 Å².